The second-order valence-corrected chi connectivity index (χ2v) is 5.77. The van der Waals surface area contributed by atoms with Gasteiger partial charge in [0, 0.05) is 11.6 Å². The summed E-state index contributed by atoms with van der Waals surface area (Å²) >= 11 is 0. The minimum Gasteiger partial charge on any atom is -0.467 e. The average Bonchev–Trinajstić information content (AvgIpc) is 2.62. The van der Waals surface area contributed by atoms with Crippen LogP contribution in [0.4, 0.5) is 0 Å². The van der Waals surface area contributed by atoms with Gasteiger partial charge in [-0.1, -0.05) is 50.8 Å². The van der Waals surface area contributed by atoms with Crippen molar-refractivity contribution in [1.82, 2.24) is 10.3 Å². The van der Waals surface area contributed by atoms with Crippen molar-refractivity contribution in [3.63, 3.8) is 0 Å². The molecule has 0 unspecified atom stereocenters. The Hall–Kier alpha value is -2.43. The van der Waals surface area contributed by atoms with E-state index in [1.165, 1.54) is 7.11 Å². The second kappa shape index (κ2) is 9.01. The summed E-state index contributed by atoms with van der Waals surface area (Å²) < 4.78 is 4.83. The highest BCUT2D eigenvalue weighted by atomic mass is 16.5. The highest BCUT2D eigenvalue weighted by Gasteiger charge is 2.22. The van der Waals surface area contributed by atoms with E-state index in [0.29, 0.717) is 12.0 Å². The van der Waals surface area contributed by atoms with Crippen LogP contribution in [0.15, 0.2) is 36.5 Å². The number of benzene rings is 1. The average molecular weight is 328 g/mol. The predicted octanol–water partition coefficient (Wildman–Crippen LogP) is 3.48. The zero-order chi connectivity index (χ0) is 17.4. The van der Waals surface area contributed by atoms with Gasteiger partial charge in [-0.25, -0.2) is 4.79 Å². The van der Waals surface area contributed by atoms with Gasteiger partial charge in [-0.15, -0.1) is 0 Å². The monoisotopic (exact) mass is 328 g/mol. The molecule has 0 bridgehead atoms. The number of fused-ring (bicyclic) bond motifs is 1. The first kappa shape index (κ1) is 17.9. The van der Waals surface area contributed by atoms with Crippen molar-refractivity contribution < 1.29 is 14.3 Å². The third-order valence-corrected chi connectivity index (χ3v) is 4.03. The largest absolute Gasteiger partial charge is 0.467 e. The number of hydrogen-bond donors (Lipinski definition) is 1. The number of para-hydroxylation sites is 1. The molecule has 5 heteroatoms. The molecule has 0 saturated carbocycles. The lowest BCUT2D eigenvalue weighted by Crippen LogP contribution is -2.41. The van der Waals surface area contributed by atoms with Crippen LogP contribution in [0.1, 0.15) is 49.4 Å². The molecule has 1 atom stereocenters. The Morgan fingerprint density at radius 3 is 2.71 bits per heavy atom. The van der Waals surface area contributed by atoms with Crippen LogP contribution in [0.2, 0.25) is 0 Å². The number of ether oxygens (including phenoxy) is 1. The van der Waals surface area contributed by atoms with Crippen molar-refractivity contribution in [3.05, 3.63) is 42.1 Å². The van der Waals surface area contributed by atoms with E-state index < -0.39 is 12.0 Å². The molecule has 2 aromatic rings. The van der Waals surface area contributed by atoms with Gasteiger partial charge in [0.15, 0.2) is 0 Å². The lowest BCUT2D eigenvalue weighted by atomic mass is 10.1. The molecule has 0 aliphatic heterocycles. The van der Waals surface area contributed by atoms with Gasteiger partial charge in [-0.05, 0) is 18.6 Å². The number of carbonyl (C=O) groups is 2. The Kier molecular flexibility index (Phi) is 6.73. The van der Waals surface area contributed by atoms with Gasteiger partial charge in [0.25, 0.3) is 5.91 Å². The first-order valence-electron chi connectivity index (χ1n) is 8.39. The standard InChI is InChI=1S/C19H24N2O3/c1-3-4-5-6-11-17(19(23)24-2)21-18(22)15-12-13-20-16-10-8-7-9-14(15)16/h7-10,12-13,17H,3-6,11H2,1-2H3,(H,21,22)/t17-/m1/s1. The second-order valence-electron chi connectivity index (χ2n) is 5.77. The number of amides is 1. The Bertz CT molecular complexity index is 695. The fraction of sp³-hybridized carbons (Fsp3) is 0.421. The number of pyridine rings is 1. The van der Waals surface area contributed by atoms with Crippen LogP contribution in [-0.4, -0.2) is 30.0 Å². The van der Waals surface area contributed by atoms with E-state index in [-0.39, 0.29) is 5.91 Å². The van der Waals surface area contributed by atoms with Gasteiger partial charge in [-0.2, -0.15) is 0 Å². The number of hydrogen-bond acceptors (Lipinski definition) is 4. The van der Waals surface area contributed by atoms with E-state index in [1.54, 1.807) is 12.3 Å². The van der Waals surface area contributed by atoms with Crippen LogP contribution >= 0.6 is 0 Å². The van der Waals surface area contributed by atoms with Gasteiger partial charge in [-0.3, -0.25) is 9.78 Å². The number of aromatic nitrogens is 1. The molecule has 2 rings (SSSR count). The lowest BCUT2D eigenvalue weighted by Gasteiger charge is -2.17. The summed E-state index contributed by atoms with van der Waals surface area (Å²) in [7, 11) is 1.34. The predicted molar refractivity (Wildman–Crippen MR) is 93.8 cm³/mol. The zero-order valence-corrected chi connectivity index (χ0v) is 14.2. The molecule has 1 aromatic carbocycles. The minimum absolute atomic E-state index is 0.278. The van der Waals surface area contributed by atoms with E-state index >= 15 is 0 Å². The fourth-order valence-corrected chi connectivity index (χ4v) is 2.70. The van der Waals surface area contributed by atoms with Gasteiger partial charge in [0.05, 0.1) is 18.2 Å². The molecule has 1 aromatic heterocycles. The molecular weight excluding hydrogens is 304 g/mol. The molecule has 1 heterocycles. The van der Waals surface area contributed by atoms with Gasteiger partial charge >= 0.3 is 5.97 Å². The van der Waals surface area contributed by atoms with Crippen LogP contribution in [0.3, 0.4) is 0 Å². The molecule has 0 fully saturated rings. The minimum atomic E-state index is -0.619. The molecule has 1 N–H and O–H groups in total. The number of rotatable bonds is 8. The molecule has 0 saturated heterocycles. The molecule has 0 radical (unpaired) electrons. The van der Waals surface area contributed by atoms with Gasteiger partial charge in [0.1, 0.15) is 6.04 Å². The normalized spacial score (nSPS) is 11.9. The van der Waals surface area contributed by atoms with Crippen molar-refractivity contribution in [2.24, 2.45) is 0 Å². The molecular formula is C19H24N2O3. The fourth-order valence-electron chi connectivity index (χ4n) is 2.70. The first-order valence-corrected chi connectivity index (χ1v) is 8.39. The maximum atomic E-state index is 12.6. The zero-order valence-electron chi connectivity index (χ0n) is 14.2. The van der Waals surface area contributed by atoms with Crippen LogP contribution in [0.25, 0.3) is 10.9 Å². The summed E-state index contributed by atoms with van der Waals surface area (Å²) in [6, 6.07) is 8.50. The number of nitrogens with zero attached hydrogens (tertiary/aromatic N) is 1. The van der Waals surface area contributed by atoms with Crippen LogP contribution < -0.4 is 5.32 Å². The number of unbranched alkanes of at least 4 members (excludes halogenated alkanes) is 3. The topological polar surface area (TPSA) is 68.3 Å². The summed E-state index contributed by atoms with van der Waals surface area (Å²) in [4.78, 5) is 28.8. The quantitative estimate of drug-likeness (QED) is 0.595. The third kappa shape index (κ3) is 4.54. The van der Waals surface area contributed by atoms with Gasteiger partial charge < -0.3 is 10.1 Å². The lowest BCUT2D eigenvalue weighted by molar-refractivity contribution is -0.143. The Labute approximate surface area is 142 Å². The Balaban J connectivity index is 2.12. The molecule has 5 nitrogen and oxygen atoms in total. The maximum absolute atomic E-state index is 12.6. The van der Waals surface area contributed by atoms with Crippen molar-refractivity contribution in [3.8, 4) is 0 Å². The molecule has 24 heavy (non-hydrogen) atoms. The number of esters is 1. The van der Waals surface area contributed by atoms with Crippen LogP contribution in [0.5, 0.6) is 0 Å². The number of nitrogens with one attached hydrogen (secondary N) is 1. The van der Waals surface area contributed by atoms with Crippen molar-refractivity contribution >= 4 is 22.8 Å². The molecule has 128 valence electrons. The molecule has 0 aliphatic rings. The summed E-state index contributed by atoms with van der Waals surface area (Å²) in [5, 5.41) is 3.58. The maximum Gasteiger partial charge on any atom is 0.328 e. The van der Waals surface area contributed by atoms with Crippen molar-refractivity contribution in [2.75, 3.05) is 7.11 Å². The summed E-state index contributed by atoms with van der Waals surface area (Å²) in [5.41, 5.74) is 1.27. The smallest absolute Gasteiger partial charge is 0.328 e. The van der Waals surface area contributed by atoms with Crippen LogP contribution in [-0.2, 0) is 9.53 Å². The highest BCUT2D eigenvalue weighted by Crippen LogP contribution is 2.16. The third-order valence-electron chi connectivity index (χ3n) is 4.03. The number of methoxy groups -OCH3 is 1. The summed E-state index contributed by atoms with van der Waals surface area (Å²) in [6.45, 7) is 2.13. The van der Waals surface area contributed by atoms with Gasteiger partial charge in [0.2, 0.25) is 0 Å². The Morgan fingerprint density at radius 1 is 1.17 bits per heavy atom. The van der Waals surface area contributed by atoms with Crippen molar-refractivity contribution in [2.45, 2.75) is 45.1 Å². The van der Waals surface area contributed by atoms with Crippen molar-refractivity contribution in [1.29, 1.82) is 0 Å². The number of carbonyl (C=O) groups excluding carboxylic acids is 2. The molecule has 1 amide bonds. The summed E-state index contributed by atoms with van der Waals surface area (Å²) in [6.07, 6.45) is 6.35. The van der Waals surface area contributed by atoms with E-state index in [1.807, 2.05) is 24.3 Å². The van der Waals surface area contributed by atoms with E-state index in [0.717, 1.165) is 36.6 Å². The van der Waals surface area contributed by atoms with Crippen LogP contribution in [0, 0.1) is 0 Å². The Morgan fingerprint density at radius 2 is 1.96 bits per heavy atom. The summed E-state index contributed by atoms with van der Waals surface area (Å²) in [5.74, 6) is -0.683. The first-order chi connectivity index (χ1) is 11.7. The molecule has 0 aliphatic carbocycles. The van der Waals surface area contributed by atoms with E-state index in [9.17, 15) is 9.59 Å². The highest BCUT2D eigenvalue weighted by molar-refractivity contribution is 6.07. The van der Waals surface area contributed by atoms with E-state index in [4.69, 9.17) is 4.74 Å². The molecule has 0 spiro atoms. The SMILES string of the molecule is CCCCCC[C@@H](NC(=O)c1ccnc2ccccc12)C(=O)OC. The van der Waals surface area contributed by atoms with E-state index in [2.05, 4.69) is 17.2 Å².